The number of halogens is 2. The Labute approximate surface area is 194 Å². The fraction of sp³-hybridized carbons (Fsp3) is 0.364. The van der Waals surface area contributed by atoms with Crippen LogP contribution in [0.25, 0.3) is 16.5 Å². The summed E-state index contributed by atoms with van der Waals surface area (Å²) in [5, 5.41) is 14.0. The Hall–Kier alpha value is -2.46. The molecule has 10 heteroatoms. The fourth-order valence-electron chi connectivity index (χ4n) is 4.75. The first-order valence-corrected chi connectivity index (χ1v) is 11.6. The quantitative estimate of drug-likeness (QED) is 0.664. The number of rotatable bonds is 3. The Kier molecular flexibility index (Phi) is 5.45. The maximum absolute atomic E-state index is 15.8. The molecule has 32 heavy (non-hydrogen) atoms. The minimum absolute atomic E-state index is 0.0201. The van der Waals surface area contributed by atoms with Gasteiger partial charge in [0.1, 0.15) is 16.3 Å². The van der Waals surface area contributed by atoms with E-state index in [0.717, 1.165) is 5.00 Å². The zero-order valence-electron chi connectivity index (χ0n) is 17.5. The summed E-state index contributed by atoms with van der Waals surface area (Å²) >= 11 is 7.87. The minimum Gasteiger partial charge on any atom is -0.508 e. The average Bonchev–Trinajstić information content (AvgIpc) is 3.36. The third kappa shape index (κ3) is 3.49. The Morgan fingerprint density at radius 1 is 1.41 bits per heavy atom. The summed E-state index contributed by atoms with van der Waals surface area (Å²) in [5.74, 6) is -0.432. The smallest absolute Gasteiger partial charge is 0.246 e. The zero-order valence-corrected chi connectivity index (χ0v) is 19.1. The topological polar surface area (TPSA) is 71.9 Å². The number of amides is 1. The van der Waals surface area contributed by atoms with Gasteiger partial charge in [-0.25, -0.2) is 14.8 Å². The maximum Gasteiger partial charge on any atom is 0.246 e. The van der Waals surface area contributed by atoms with Crippen LogP contribution in [0.3, 0.4) is 0 Å². The predicted octanol–water partition coefficient (Wildman–Crippen LogP) is 3.20. The lowest BCUT2D eigenvalue weighted by molar-refractivity contribution is -0.126. The normalized spacial score (nSPS) is 23.8. The Morgan fingerprint density at radius 2 is 2.16 bits per heavy atom. The summed E-state index contributed by atoms with van der Waals surface area (Å²) in [6, 6.07) is 1.59. The van der Waals surface area contributed by atoms with E-state index >= 15 is 4.39 Å². The first kappa shape index (κ1) is 21.4. The highest BCUT2D eigenvalue weighted by Gasteiger charge is 2.37. The van der Waals surface area contributed by atoms with Crippen molar-refractivity contribution in [2.75, 3.05) is 44.7 Å². The lowest BCUT2D eigenvalue weighted by Gasteiger charge is -2.34. The summed E-state index contributed by atoms with van der Waals surface area (Å²) < 4.78 is 20.2. The number of aliphatic hydroxyl groups is 1. The second kappa shape index (κ2) is 8.15. The number of fused-ring (bicyclic) bond motifs is 2. The molecule has 1 amide bonds. The molecule has 2 unspecified atom stereocenters. The number of carbonyl (C=O) groups excluding carboxylic acids is 1. The highest BCUT2D eigenvalue weighted by atomic mass is 35.5. The van der Waals surface area contributed by atoms with E-state index in [1.165, 1.54) is 17.6 Å². The standard InChI is InChI=1S/C22H23ClFN5O2S/c1-3-17(31)28-4-6-29(7-5-28)22-15-10-16(23)18(19(24)21(15)26-32-22)14-9-13(30)8-12-11-27(2)25-20(12)14/h3,8-10,12,20,25,30H,1,4-7,11H2,2H3. The predicted molar refractivity (Wildman–Crippen MR) is 125 cm³/mol. The number of piperazine rings is 1. The molecule has 3 heterocycles. The van der Waals surface area contributed by atoms with Crippen molar-refractivity contribution in [2.45, 2.75) is 6.04 Å². The Bertz CT molecular complexity index is 1170. The van der Waals surface area contributed by atoms with Gasteiger partial charge in [-0.3, -0.25) is 4.79 Å². The number of hydrogen-bond donors (Lipinski definition) is 2. The number of hydrazine groups is 1. The van der Waals surface area contributed by atoms with Gasteiger partial charge in [0, 0.05) is 56.6 Å². The molecule has 2 fully saturated rings. The molecule has 0 radical (unpaired) electrons. The molecule has 0 spiro atoms. The minimum atomic E-state index is -0.480. The molecular formula is C22H23ClFN5O2S. The number of aromatic nitrogens is 1. The molecular weight excluding hydrogens is 453 g/mol. The van der Waals surface area contributed by atoms with Crippen LogP contribution >= 0.6 is 23.1 Å². The SMILES string of the molecule is C=CC(=O)N1CCN(c2snc3c(F)c(C4=CC(O)=CC5CN(C)NC45)c(Cl)cc23)CC1. The number of anilines is 1. The lowest BCUT2D eigenvalue weighted by Crippen LogP contribution is -2.48. The van der Waals surface area contributed by atoms with Crippen molar-refractivity contribution in [2.24, 2.45) is 5.92 Å². The molecule has 2 aliphatic heterocycles. The summed E-state index contributed by atoms with van der Waals surface area (Å²) in [4.78, 5) is 15.7. The van der Waals surface area contributed by atoms with Crippen molar-refractivity contribution < 1.29 is 14.3 Å². The summed E-state index contributed by atoms with van der Waals surface area (Å²) in [6.07, 6.45) is 4.68. The molecule has 1 aromatic carbocycles. The summed E-state index contributed by atoms with van der Waals surface area (Å²) in [6.45, 7) is 6.63. The second-order valence-electron chi connectivity index (χ2n) is 8.29. The molecule has 7 nitrogen and oxygen atoms in total. The molecule has 2 aromatic rings. The van der Waals surface area contributed by atoms with E-state index < -0.39 is 5.82 Å². The van der Waals surface area contributed by atoms with E-state index in [1.807, 2.05) is 12.1 Å². The van der Waals surface area contributed by atoms with Gasteiger partial charge < -0.3 is 14.9 Å². The molecule has 2 saturated heterocycles. The van der Waals surface area contributed by atoms with Gasteiger partial charge in [-0.05, 0) is 41.4 Å². The molecule has 5 rings (SSSR count). The van der Waals surface area contributed by atoms with Crippen LogP contribution in [0.15, 0.2) is 36.6 Å². The number of aliphatic hydroxyl groups excluding tert-OH is 1. The monoisotopic (exact) mass is 475 g/mol. The molecule has 1 aliphatic carbocycles. The summed E-state index contributed by atoms with van der Waals surface area (Å²) in [5.41, 5.74) is 4.48. The third-order valence-electron chi connectivity index (χ3n) is 6.28. The van der Waals surface area contributed by atoms with Crippen molar-refractivity contribution in [3.05, 3.63) is 53.0 Å². The van der Waals surface area contributed by atoms with Gasteiger partial charge in [0.15, 0.2) is 5.82 Å². The summed E-state index contributed by atoms with van der Waals surface area (Å²) in [7, 11) is 1.91. The number of carbonyl (C=O) groups is 1. The first-order valence-electron chi connectivity index (χ1n) is 10.4. The maximum atomic E-state index is 15.8. The number of nitrogens with one attached hydrogen (secondary N) is 1. The van der Waals surface area contributed by atoms with E-state index in [2.05, 4.69) is 21.3 Å². The van der Waals surface area contributed by atoms with Gasteiger partial charge in [-0.15, -0.1) is 0 Å². The highest BCUT2D eigenvalue weighted by molar-refractivity contribution is 7.11. The third-order valence-corrected chi connectivity index (χ3v) is 7.51. The molecule has 3 aliphatic rings. The number of hydrogen-bond acceptors (Lipinski definition) is 7. The van der Waals surface area contributed by atoms with Crippen molar-refractivity contribution in [3.63, 3.8) is 0 Å². The molecule has 2 atom stereocenters. The van der Waals surface area contributed by atoms with Gasteiger partial charge in [0.2, 0.25) is 5.91 Å². The molecule has 168 valence electrons. The van der Waals surface area contributed by atoms with Crippen LogP contribution in [0.5, 0.6) is 0 Å². The van der Waals surface area contributed by atoms with Gasteiger partial charge in [0.05, 0.1) is 11.1 Å². The van der Waals surface area contributed by atoms with Crippen molar-refractivity contribution in [1.82, 2.24) is 19.7 Å². The molecule has 1 aromatic heterocycles. The van der Waals surface area contributed by atoms with Crippen LogP contribution in [0.1, 0.15) is 5.56 Å². The van der Waals surface area contributed by atoms with E-state index in [-0.39, 0.29) is 39.7 Å². The van der Waals surface area contributed by atoms with Gasteiger partial charge in [-0.1, -0.05) is 18.2 Å². The van der Waals surface area contributed by atoms with Crippen LogP contribution in [-0.2, 0) is 4.79 Å². The Morgan fingerprint density at radius 3 is 2.88 bits per heavy atom. The van der Waals surface area contributed by atoms with Crippen LogP contribution in [0, 0.1) is 11.7 Å². The first-order chi connectivity index (χ1) is 15.4. The van der Waals surface area contributed by atoms with E-state index in [1.54, 1.807) is 23.1 Å². The van der Waals surface area contributed by atoms with Crippen LogP contribution in [0.4, 0.5) is 9.39 Å². The van der Waals surface area contributed by atoms with Crippen molar-refractivity contribution in [1.29, 1.82) is 0 Å². The molecule has 2 N–H and O–H groups in total. The van der Waals surface area contributed by atoms with Crippen LogP contribution in [-0.4, -0.2) is 71.1 Å². The van der Waals surface area contributed by atoms with Gasteiger partial charge in [0.25, 0.3) is 0 Å². The Balaban J connectivity index is 1.50. The fourth-order valence-corrected chi connectivity index (χ4v) is 5.96. The van der Waals surface area contributed by atoms with Crippen LogP contribution < -0.4 is 10.3 Å². The molecule has 0 bridgehead atoms. The zero-order chi connectivity index (χ0) is 22.6. The van der Waals surface area contributed by atoms with E-state index in [0.29, 0.717) is 43.7 Å². The van der Waals surface area contributed by atoms with E-state index in [9.17, 15) is 9.90 Å². The number of nitrogens with zero attached hydrogens (tertiary/aromatic N) is 4. The number of allylic oxidation sites excluding steroid dienone is 1. The second-order valence-corrected chi connectivity index (χ2v) is 9.45. The largest absolute Gasteiger partial charge is 0.508 e. The van der Waals surface area contributed by atoms with Crippen molar-refractivity contribution in [3.8, 4) is 0 Å². The lowest BCUT2D eigenvalue weighted by atomic mass is 9.85. The molecule has 0 saturated carbocycles. The van der Waals surface area contributed by atoms with E-state index in [4.69, 9.17) is 11.6 Å². The van der Waals surface area contributed by atoms with Gasteiger partial charge >= 0.3 is 0 Å². The van der Waals surface area contributed by atoms with Gasteiger partial charge in [-0.2, -0.15) is 4.37 Å². The number of benzene rings is 1. The van der Waals surface area contributed by atoms with Crippen LogP contribution in [0.2, 0.25) is 5.02 Å². The van der Waals surface area contributed by atoms with Crippen molar-refractivity contribution >= 4 is 50.5 Å². The highest BCUT2D eigenvalue weighted by Crippen LogP contribution is 2.43. The average molecular weight is 476 g/mol.